The summed E-state index contributed by atoms with van der Waals surface area (Å²) in [6.07, 6.45) is 4.14. The van der Waals surface area contributed by atoms with Crippen LogP contribution in [0.1, 0.15) is 32.6 Å². The molecule has 2 heterocycles. The molecule has 3 amide bonds. The van der Waals surface area contributed by atoms with Gasteiger partial charge in [0, 0.05) is 30.9 Å². The number of hydrogen-bond acceptors (Lipinski definition) is 4. The molecule has 0 aliphatic carbocycles. The number of benzene rings is 1. The molecule has 2 aliphatic heterocycles. The van der Waals surface area contributed by atoms with Crippen molar-refractivity contribution in [2.45, 2.75) is 44.8 Å². The van der Waals surface area contributed by atoms with Gasteiger partial charge in [0.1, 0.15) is 6.04 Å². The lowest BCUT2D eigenvalue weighted by atomic mass is 9.79. The molecule has 2 unspecified atom stereocenters. The molecule has 0 radical (unpaired) electrons. The Kier molecular flexibility index (Phi) is 8.58. The molecule has 8 heteroatoms. The van der Waals surface area contributed by atoms with Gasteiger partial charge in [-0.15, -0.1) is 0 Å². The Morgan fingerprint density at radius 3 is 2.13 bits per heavy atom. The van der Waals surface area contributed by atoms with E-state index in [9.17, 15) is 9.59 Å². The molecule has 2 atom stereocenters. The normalized spacial score (nSPS) is 20.8. The lowest BCUT2D eigenvalue weighted by Gasteiger charge is -2.40. The molecule has 1 aromatic rings. The molecule has 2 N–H and O–H groups in total. The van der Waals surface area contributed by atoms with Crippen LogP contribution in [0.2, 0.25) is 5.02 Å². The van der Waals surface area contributed by atoms with Gasteiger partial charge in [-0.25, -0.2) is 4.79 Å². The number of carbonyl (C=O) groups excluding carboxylic acids is 2. The van der Waals surface area contributed by atoms with Crippen LogP contribution in [0.15, 0.2) is 24.3 Å². The number of likely N-dealkylation sites (tertiary alicyclic amines) is 2. The Labute approximate surface area is 190 Å². The molecule has 1 aromatic carbocycles. The molecule has 172 valence electrons. The summed E-state index contributed by atoms with van der Waals surface area (Å²) in [4.78, 5) is 30.0. The number of amides is 3. The number of carbonyl (C=O) groups is 2. The molecule has 0 bridgehead atoms. The Morgan fingerprint density at radius 1 is 1.03 bits per heavy atom. The van der Waals surface area contributed by atoms with E-state index in [4.69, 9.17) is 16.3 Å². The first-order chi connectivity index (χ1) is 14.9. The van der Waals surface area contributed by atoms with Crippen LogP contribution in [0.3, 0.4) is 0 Å². The molecule has 0 aromatic heterocycles. The van der Waals surface area contributed by atoms with E-state index in [0.717, 1.165) is 31.8 Å². The summed E-state index contributed by atoms with van der Waals surface area (Å²) in [5, 5.41) is 6.15. The maximum atomic E-state index is 13.2. The van der Waals surface area contributed by atoms with E-state index in [1.807, 2.05) is 4.90 Å². The first kappa shape index (κ1) is 23.8. The van der Waals surface area contributed by atoms with E-state index in [1.54, 1.807) is 38.3 Å². The van der Waals surface area contributed by atoms with Crippen molar-refractivity contribution < 1.29 is 14.3 Å². The van der Waals surface area contributed by atoms with Gasteiger partial charge >= 0.3 is 6.03 Å². The minimum absolute atomic E-state index is 0.0811. The Bertz CT molecular complexity index is 729. The van der Waals surface area contributed by atoms with Crippen LogP contribution in [0, 0.1) is 11.8 Å². The van der Waals surface area contributed by atoms with Crippen molar-refractivity contribution in [2.75, 3.05) is 45.7 Å². The topological polar surface area (TPSA) is 73.9 Å². The zero-order valence-electron chi connectivity index (χ0n) is 18.8. The van der Waals surface area contributed by atoms with Crippen LogP contribution in [-0.4, -0.2) is 74.2 Å². The number of urea groups is 1. The number of halogens is 1. The van der Waals surface area contributed by atoms with Gasteiger partial charge in [0.25, 0.3) is 0 Å². The average molecular weight is 451 g/mol. The third-order valence-corrected chi connectivity index (χ3v) is 7.03. The number of nitrogens with one attached hydrogen (secondary N) is 2. The molecule has 2 aliphatic rings. The Balaban J connectivity index is 1.54. The molecular weight excluding hydrogens is 416 g/mol. The third-order valence-electron chi connectivity index (χ3n) is 6.78. The van der Waals surface area contributed by atoms with Crippen molar-refractivity contribution >= 4 is 29.2 Å². The second-order valence-corrected chi connectivity index (χ2v) is 9.26. The number of anilines is 1. The van der Waals surface area contributed by atoms with Crippen molar-refractivity contribution in [3.8, 4) is 0 Å². The molecule has 31 heavy (non-hydrogen) atoms. The highest BCUT2D eigenvalue weighted by atomic mass is 35.5. The predicted octanol–water partition coefficient (Wildman–Crippen LogP) is 3.45. The quantitative estimate of drug-likeness (QED) is 0.696. The molecule has 2 saturated heterocycles. The zero-order valence-corrected chi connectivity index (χ0v) is 19.5. The number of methoxy groups -OCH3 is 1. The molecule has 2 fully saturated rings. The van der Waals surface area contributed by atoms with Crippen molar-refractivity contribution in [1.29, 1.82) is 0 Å². The lowest BCUT2D eigenvalue weighted by Crippen LogP contribution is -2.56. The van der Waals surface area contributed by atoms with Crippen LogP contribution in [0.4, 0.5) is 10.5 Å². The van der Waals surface area contributed by atoms with Gasteiger partial charge in [-0.05, 0) is 88.8 Å². The Morgan fingerprint density at radius 2 is 1.58 bits per heavy atom. The maximum Gasteiger partial charge on any atom is 0.319 e. The summed E-state index contributed by atoms with van der Waals surface area (Å²) in [6.45, 7) is 5.62. The smallest absolute Gasteiger partial charge is 0.319 e. The predicted molar refractivity (Wildman–Crippen MR) is 123 cm³/mol. The minimum Gasteiger partial charge on any atom is -0.379 e. The van der Waals surface area contributed by atoms with Gasteiger partial charge in [0.15, 0.2) is 0 Å². The van der Waals surface area contributed by atoms with E-state index in [0.29, 0.717) is 16.6 Å². The molecule has 7 nitrogen and oxygen atoms in total. The number of piperidine rings is 2. The summed E-state index contributed by atoms with van der Waals surface area (Å²) < 4.78 is 5.41. The van der Waals surface area contributed by atoms with Crippen molar-refractivity contribution in [3.05, 3.63) is 29.3 Å². The molecule has 0 spiro atoms. The highest BCUT2D eigenvalue weighted by Crippen LogP contribution is 2.32. The number of hydrogen-bond donors (Lipinski definition) is 2. The van der Waals surface area contributed by atoms with Crippen molar-refractivity contribution in [1.82, 2.24) is 15.1 Å². The van der Waals surface area contributed by atoms with E-state index in [2.05, 4.69) is 22.6 Å². The highest BCUT2D eigenvalue weighted by molar-refractivity contribution is 6.30. The fourth-order valence-electron chi connectivity index (χ4n) is 4.65. The maximum absolute atomic E-state index is 13.2. The zero-order chi connectivity index (χ0) is 22.4. The SMILES string of the molecule is COC(C)C(NC(=O)Nc1ccc(Cl)cc1)C(=O)N1CCC(C2CCN(C)CC2)CC1. The van der Waals surface area contributed by atoms with Crippen molar-refractivity contribution in [3.63, 3.8) is 0 Å². The fourth-order valence-corrected chi connectivity index (χ4v) is 4.77. The van der Waals surface area contributed by atoms with E-state index < -0.39 is 18.2 Å². The minimum atomic E-state index is -0.739. The van der Waals surface area contributed by atoms with Gasteiger partial charge in [0.05, 0.1) is 6.10 Å². The van der Waals surface area contributed by atoms with Crippen LogP contribution >= 0.6 is 11.6 Å². The van der Waals surface area contributed by atoms with E-state index >= 15 is 0 Å². The van der Waals surface area contributed by atoms with Crippen LogP contribution in [0.5, 0.6) is 0 Å². The molecule has 3 rings (SSSR count). The number of rotatable bonds is 6. The fraction of sp³-hybridized carbons (Fsp3) is 0.652. The summed E-state index contributed by atoms with van der Waals surface area (Å²) in [5.41, 5.74) is 0.608. The standard InChI is InChI=1S/C23H35ClN4O3/c1-16(31-3)21(26-23(30)25-20-6-4-19(24)5-7-20)22(29)28-14-10-18(11-15-28)17-8-12-27(2)13-9-17/h4-7,16-18,21H,8-15H2,1-3H3,(H2,25,26,30). The molecular formula is C23H35ClN4O3. The summed E-state index contributed by atoms with van der Waals surface area (Å²) in [7, 11) is 3.74. The number of ether oxygens (including phenoxy) is 1. The van der Waals surface area contributed by atoms with Gasteiger partial charge in [-0.2, -0.15) is 0 Å². The largest absolute Gasteiger partial charge is 0.379 e. The van der Waals surface area contributed by atoms with E-state index in [-0.39, 0.29) is 5.91 Å². The molecule has 0 saturated carbocycles. The van der Waals surface area contributed by atoms with Crippen LogP contribution in [-0.2, 0) is 9.53 Å². The Hall–Kier alpha value is -1.83. The summed E-state index contributed by atoms with van der Waals surface area (Å²) in [6, 6.07) is 5.65. The van der Waals surface area contributed by atoms with Gasteiger partial charge in [0.2, 0.25) is 5.91 Å². The summed E-state index contributed by atoms with van der Waals surface area (Å²) in [5.74, 6) is 1.38. The third kappa shape index (κ3) is 6.57. The van der Waals surface area contributed by atoms with Gasteiger partial charge in [-0.3, -0.25) is 4.79 Å². The van der Waals surface area contributed by atoms with Gasteiger partial charge in [-0.1, -0.05) is 11.6 Å². The first-order valence-corrected chi connectivity index (χ1v) is 11.6. The highest BCUT2D eigenvalue weighted by Gasteiger charge is 2.35. The second-order valence-electron chi connectivity index (χ2n) is 8.83. The second kappa shape index (κ2) is 11.2. The average Bonchev–Trinajstić information content (AvgIpc) is 2.79. The summed E-state index contributed by atoms with van der Waals surface area (Å²) >= 11 is 5.89. The van der Waals surface area contributed by atoms with Crippen LogP contribution in [0.25, 0.3) is 0 Å². The van der Waals surface area contributed by atoms with Crippen molar-refractivity contribution in [2.24, 2.45) is 11.8 Å². The number of nitrogens with zero attached hydrogens (tertiary/aromatic N) is 2. The van der Waals surface area contributed by atoms with Crippen LogP contribution < -0.4 is 10.6 Å². The monoisotopic (exact) mass is 450 g/mol. The lowest BCUT2D eigenvalue weighted by molar-refractivity contribution is -0.138. The van der Waals surface area contributed by atoms with Gasteiger partial charge < -0.3 is 25.2 Å². The first-order valence-electron chi connectivity index (χ1n) is 11.2. The van der Waals surface area contributed by atoms with E-state index in [1.165, 1.54) is 25.9 Å².